The van der Waals surface area contributed by atoms with E-state index >= 15 is 0 Å². The average Bonchev–Trinajstić information content (AvgIpc) is 3.01. The van der Waals surface area contributed by atoms with Crippen molar-refractivity contribution in [2.24, 2.45) is 0 Å². The maximum atomic E-state index is 13.8. The standard InChI is InChI=1S/C34H29F4N3O3/c1-23(32-39-30-10-6-5-9-29(30)33(43)41(32)28-17-15-27(35)16-18-28)40(19-20-44-22-34(36,37)38)31(42)21-24-11-13-26(14-12-24)25-7-3-2-4-8-25/h2-18,23H,19-22H2,1H3. The van der Waals surface area contributed by atoms with E-state index in [0.29, 0.717) is 22.2 Å². The molecule has 226 valence electrons. The van der Waals surface area contributed by atoms with Gasteiger partial charge in [0.2, 0.25) is 5.91 Å². The SMILES string of the molecule is CC(c1nc2ccccc2c(=O)n1-c1ccc(F)cc1)N(CCOCC(F)(F)F)C(=O)Cc1ccc(-c2ccccc2)cc1. The van der Waals surface area contributed by atoms with Crippen LogP contribution in [0.1, 0.15) is 24.4 Å². The zero-order chi connectivity index (χ0) is 31.3. The quantitative estimate of drug-likeness (QED) is 0.129. The molecule has 0 N–H and O–H groups in total. The molecule has 10 heteroatoms. The highest BCUT2D eigenvalue weighted by Crippen LogP contribution is 2.25. The summed E-state index contributed by atoms with van der Waals surface area (Å²) in [7, 11) is 0. The third-order valence-corrected chi connectivity index (χ3v) is 7.21. The second kappa shape index (κ2) is 13.2. The Kier molecular flexibility index (Phi) is 9.20. The minimum Gasteiger partial charge on any atom is -0.370 e. The lowest BCUT2D eigenvalue weighted by atomic mass is 10.0. The van der Waals surface area contributed by atoms with Crippen molar-refractivity contribution in [1.82, 2.24) is 14.5 Å². The highest BCUT2D eigenvalue weighted by molar-refractivity contribution is 5.80. The van der Waals surface area contributed by atoms with Crippen LogP contribution in [-0.2, 0) is 16.0 Å². The molecular weight excluding hydrogens is 574 g/mol. The first kappa shape index (κ1) is 30.6. The van der Waals surface area contributed by atoms with Crippen LogP contribution in [0.5, 0.6) is 0 Å². The van der Waals surface area contributed by atoms with Gasteiger partial charge in [0.05, 0.1) is 35.7 Å². The van der Waals surface area contributed by atoms with Crippen LogP contribution in [0.25, 0.3) is 27.7 Å². The van der Waals surface area contributed by atoms with Crippen molar-refractivity contribution < 1.29 is 27.1 Å². The van der Waals surface area contributed by atoms with Crippen molar-refractivity contribution in [1.29, 1.82) is 0 Å². The third kappa shape index (κ3) is 7.20. The Hall–Kier alpha value is -4.83. The van der Waals surface area contributed by atoms with E-state index in [9.17, 15) is 27.2 Å². The number of carbonyl (C=O) groups is 1. The fourth-order valence-corrected chi connectivity index (χ4v) is 5.02. The predicted molar refractivity (Wildman–Crippen MR) is 160 cm³/mol. The van der Waals surface area contributed by atoms with E-state index in [-0.39, 0.29) is 18.8 Å². The minimum atomic E-state index is -4.52. The zero-order valence-electron chi connectivity index (χ0n) is 23.8. The van der Waals surface area contributed by atoms with Gasteiger partial charge in [0.25, 0.3) is 5.56 Å². The van der Waals surface area contributed by atoms with Crippen molar-refractivity contribution in [3.05, 3.63) is 131 Å². The molecule has 1 aromatic heterocycles. The molecule has 1 amide bonds. The van der Waals surface area contributed by atoms with Gasteiger partial charge >= 0.3 is 6.18 Å². The Morgan fingerprint density at radius 2 is 1.52 bits per heavy atom. The van der Waals surface area contributed by atoms with Crippen molar-refractivity contribution in [3.63, 3.8) is 0 Å². The molecule has 4 aromatic carbocycles. The van der Waals surface area contributed by atoms with Crippen LogP contribution in [0, 0.1) is 5.82 Å². The van der Waals surface area contributed by atoms with Crippen LogP contribution < -0.4 is 5.56 Å². The highest BCUT2D eigenvalue weighted by atomic mass is 19.4. The lowest BCUT2D eigenvalue weighted by molar-refractivity contribution is -0.175. The van der Waals surface area contributed by atoms with Gasteiger partial charge in [-0.3, -0.25) is 14.2 Å². The molecule has 1 atom stereocenters. The Morgan fingerprint density at radius 3 is 2.20 bits per heavy atom. The number of para-hydroxylation sites is 1. The zero-order valence-corrected chi connectivity index (χ0v) is 23.8. The fourth-order valence-electron chi connectivity index (χ4n) is 5.02. The van der Waals surface area contributed by atoms with Gasteiger partial charge in [0.15, 0.2) is 0 Å². The molecule has 44 heavy (non-hydrogen) atoms. The first-order chi connectivity index (χ1) is 21.1. The molecule has 0 saturated carbocycles. The first-order valence-corrected chi connectivity index (χ1v) is 14.0. The van der Waals surface area contributed by atoms with Crippen molar-refractivity contribution in [2.75, 3.05) is 19.8 Å². The number of amides is 1. The number of benzene rings is 4. The molecule has 1 heterocycles. The van der Waals surface area contributed by atoms with Crippen LogP contribution in [0.3, 0.4) is 0 Å². The largest absolute Gasteiger partial charge is 0.411 e. The van der Waals surface area contributed by atoms with E-state index in [4.69, 9.17) is 9.72 Å². The molecule has 5 aromatic rings. The van der Waals surface area contributed by atoms with Gasteiger partial charge in [-0.15, -0.1) is 0 Å². The van der Waals surface area contributed by atoms with Crippen molar-refractivity contribution in [3.8, 4) is 16.8 Å². The molecule has 0 aliphatic carbocycles. The lowest BCUT2D eigenvalue weighted by Crippen LogP contribution is -2.40. The second-order valence-corrected chi connectivity index (χ2v) is 10.3. The number of alkyl halides is 3. The van der Waals surface area contributed by atoms with Crippen LogP contribution in [0.4, 0.5) is 17.6 Å². The van der Waals surface area contributed by atoms with Gasteiger partial charge in [0, 0.05) is 6.54 Å². The van der Waals surface area contributed by atoms with Gasteiger partial charge in [-0.2, -0.15) is 13.2 Å². The average molecular weight is 604 g/mol. The molecule has 0 bridgehead atoms. The first-order valence-electron chi connectivity index (χ1n) is 14.0. The van der Waals surface area contributed by atoms with Crippen molar-refractivity contribution >= 4 is 16.8 Å². The number of carbonyl (C=O) groups excluding carboxylic acids is 1. The summed E-state index contributed by atoms with van der Waals surface area (Å²) in [6.07, 6.45) is -4.57. The highest BCUT2D eigenvalue weighted by Gasteiger charge is 2.29. The van der Waals surface area contributed by atoms with Gasteiger partial charge in [-0.25, -0.2) is 9.37 Å². The van der Waals surface area contributed by atoms with Crippen LogP contribution >= 0.6 is 0 Å². The van der Waals surface area contributed by atoms with E-state index in [1.54, 1.807) is 31.2 Å². The van der Waals surface area contributed by atoms with Gasteiger partial charge in [0.1, 0.15) is 18.2 Å². The number of halogens is 4. The van der Waals surface area contributed by atoms with E-state index in [1.165, 1.54) is 33.7 Å². The number of nitrogens with zero attached hydrogens (tertiary/aromatic N) is 3. The summed E-state index contributed by atoms with van der Waals surface area (Å²) < 4.78 is 58.3. The van der Waals surface area contributed by atoms with Gasteiger partial charge in [-0.05, 0) is 60.0 Å². The Balaban J connectivity index is 1.50. The van der Waals surface area contributed by atoms with E-state index in [1.807, 2.05) is 54.6 Å². The maximum Gasteiger partial charge on any atom is 0.411 e. The Labute approximate surface area is 251 Å². The number of ether oxygens (including phenoxy) is 1. The Bertz CT molecular complexity index is 1790. The second-order valence-electron chi connectivity index (χ2n) is 10.3. The Morgan fingerprint density at radius 1 is 0.886 bits per heavy atom. The lowest BCUT2D eigenvalue weighted by Gasteiger charge is -2.31. The summed E-state index contributed by atoms with van der Waals surface area (Å²) >= 11 is 0. The molecule has 1 unspecified atom stereocenters. The number of aromatic nitrogens is 2. The van der Waals surface area contributed by atoms with E-state index in [0.717, 1.165) is 11.1 Å². The van der Waals surface area contributed by atoms with Crippen molar-refractivity contribution in [2.45, 2.75) is 25.6 Å². The monoisotopic (exact) mass is 603 g/mol. The van der Waals surface area contributed by atoms with E-state index < -0.39 is 42.7 Å². The topological polar surface area (TPSA) is 64.4 Å². The van der Waals surface area contributed by atoms with Crippen LogP contribution in [0.2, 0.25) is 0 Å². The molecule has 0 aliphatic rings. The fraction of sp³-hybridized carbons (Fsp3) is 0.206. The number of rotatable bonds is 10. The normalized spacial score (nSPS) is 12.3. The summed E-state index contributed by atoms with van der Waals surface area (Å²) in [5.41, 5.74) is 2.97. The summed E-state index contributed by atoms with van der Waals surface area (Å²) in [6, 6.07) is 28.3. The van der Waals surface area contributed by atoms with Gasteiger partial charge in [-0.1, -0.05) is 66.7 Å². The molecule has 0 spiro atoms. The number of hydrogen-bond acceptors (Lipinski definition) is 4. The molecule has 5 rings (SSSR count). The molecule has 6 nitrogen and oxygen atoms in total. The predicted octanol–water partition coefficient (Wildman–Crippen LogP) is 6.90. The number of fused-ring (bicyclic) bond motifs is 1. The summed E-state index contributed by atoms with van der Waals surface area (Å²) in [6.45, 7) is -0.392. The maximum absolute atomic E-state index is 13.8. The molecule has 0 fully saturated rings. The molecule has 0 radical (unpaired) electrons. The number of hydrogen-bond donors (Lipinski definition) is 0. The molecular formula is C34H29F4N3O3. The molecule has 0 aliphatic heterocycles. The van der Waals surface area contributed by atoms with E-state index in [2.05, 4.69) is 0 Å². The summed E-state index contributed by atoms with van der Waals surface area (Å²) in [4.78, 5) is 33.6. The summed E-state index contributed by atoms with van der Waals surface area (Å²) in [5, 5.41) is 0.317. The smallest absolute Gasteiger partial charge is 0.370 e. The van der Waals surface area contributed by atoms with Crippen LogP contribution in [-0.4, -0.2) is 46.3 Å². The third-order valence-electron chi connectivity index (χ3n) is 7.21. The summed E-state index contributed by atoms with van der Waals surface area (Å²) in [5.74, 6) is -0.723. The van der Waals surface area contributed by atoms with Gasteiger partial charge < -0.3 is 9.64 Å². The molecule has 0 saturated heterocycles. The minimum absolute atomic E-state index is 0.0486. The van der Waals surface area contributed by atoms with Crippen LogP contribution in [0.15, 0.2) is 108 Å².